The monoisotopic (exact) mass is 321 g/mol. The lowest BCUT2D eigenvalue weighted by Gasteiger charge is -2.39. The normalized spacial score (nSPS) is 22.7. The second kappa shape index (κ2) is 6.15. The number of carbonyl (C=O) groups is 1. The maximum Gasteiger partial charge on any atom is 0.416 e. The summed E-state index contributed by atoms with van der Waals surface area (Å²) in [5.41, 5.74) is 0.967. The molecule has 0 radical (unpaired) electrons. The maximum atomic E-state index is 12.9. The van der Waals surface area contributed by atoms with Gasteiger partial charge in [-0.1, -0.05) is 12.1 Å². The predicted octanol–water partition coefficient (Wildman–Crippen LogP) is 2.73. The molecule has 2 atom stereocenters. The van der Waals surface area contributed by atoms with Crippen molar-refractivity contribution in [3.8, 4) is 0 Å². The van der Waals surface area contributed by atoms with Crippen molar-refractivity contribution in [2.75, 3.05) is 18.5 Å². The van der Waals surface area contributed by atoms with Crippen molar-refractivity contribution in [3.05, 3.63) is 11.5 Å². The van der Waals surface area contributed by atoms with E-state index in [1.54, 1.807) is 6.92 Å². The molecule has 2 rings (SSSR count). The molecule has 0 aromatic carbocycles. The number of hydrogen-bond acceptors (Lipinski definition) is 4. The zero-order valence-electron chi connectivity index (χ0n) is 12.5. The van der Waals surface area contributed by atoms with Crippen LogP contribution in [0, 0.1) is 6.92 Å². The Balaban J connectivity index is 2.13. The van der Waals surface area contributed by atoms with Gasteiger partial charge in [-0.15, -0.1) is 0 Å². The van der Waals surface area contributed by atoms with Crippen LogP contribution >= 0.6 is 0 Å². The molecule has 1 aliphatic heterocycles. The molecule has 0 bridgehead atoms. The molecule has 6 nitrogen and oxygen atoms in total. The average Bonchev–Trinajstić information content (AvgIpc) is 2.78. The molecule has 2 amide bonds. The highest BCUT2D eigenvalue weighted by Crippen LogP contribution is 2.30. The van der Waals surface area contributed by atoms with Crippen LogP contribution in [0.5, 0.6) is 0 Å². The molecule has 0 saturated carbocycles. The van der Waals surface area contributed by atoms with E-state index in [1.807, 2.05) is 6.92 Å². The van der Waals surface area contributed by atoms with Gasteiger partial charge in [-0.2, -0.15) is 13.2 Å². The summed E-state index contributed by atoms with van der Waals surface area (Å²) in [7, 11) is 0. The highest BCUT2D eigenvalue weighted by Gasteiger charge is 2.49. The topological polar surface area (TPSA) is 67.6 Å². The molecule has 124 valence electrons. The Bertz CT molecular complexity index is 544. The summed E-state index contributed by atoms with van der Waals surface area (Å²) in [5.74, 6) is 0.415. The third-order valence-electron chi connectivity index (χ3n) is 3.64. The Morgan fingerprint density at radius 1 is 1.50 bits per heavy atom. The van der Waals surface area contributed by atoms with Gasteiger partial charge in [0.25, 0.3) is 0 Å². The number of morpholine rings is 1. The molecular formula is C13H18F3N3O3. The molecule has 1 fully saturated rings. The van der Waals surface area contributed by atoms with Crippen molar-refractivity contribution >= 4 is 11.7 Å². The molecule has 0 aliphatic carbocycles. The second-order valence-corrected chi connectivity index (χ2v) is 5.11. The van der Waals surface area contributed by atoms with Crippen molar-refractivity contribution < 1.29 is 27.2 Å². The van der Waals surface area contributed by atoms with Crippen LogP contribution in [0.15, 0.2) is 4.52 Å². The highest BCUT2D eigenvalue weighted by atomic mass is 19.4. The lowest BCUT2D eigenvalue weighted by molar-refractivity contribution is -0.246. The van der Waals surface area contributed by atoms with Crippen LogP contribution in [0.2, 0.25) is 0 Å². The van der Waals surface area contributed by atoms with E-state index in [-0.39, 0.29) is 13.2 Å². The average molecular weight is 321 g/mol. The van der Waals surface area contributed by atoms with Crippen LogP contribution in [0.4, 0.5) is 23.7 Å². The number of halogens is 3. The zero-order chi connectivity index (χ0) is 16.5. The molecule has 2 heterocycles. The number of urea groups is 1. The van der Waals surface area contributed by atoms with Crippen LogP contribution in [-0.2, 0) is 11.2 Å². The van der Waals surface area contributed by atoms with Gasteiger partial charge in [-0.25, -0.2) is 4.79 Å². The van der Waals surface area contributed by atoms with E-state index in [9.17, 15) is 18.0 Å². The van der Waals surface area contributed by atoms with Crippen LogP contribution in [0.25, 0.3) is 0 Å². The molecule has 1 aromatic heterocycles. The molecule has 2 unspecified atom stereocenters. The molecule has 0 spiro atoms. The predicted molar refractivity (Wildman–Crippen MR) is 71.6 cm³/mol. The molecule has 1 aromatic rings. The summed E-state index contributed by atoms with van der Waals surface area (Å²) < 4.78 is 48.4. The number of anilines is 1. The highest BCUT2D eigenvalue weighted by molar-refractivity contribution is 5.90. The minimum Gasteiger partial charge on any atom is -0.365 e. The van der Waals surface area contributed by atoms with E-state index in [4.69, 9.17) is 9.26 Å². The van der Waals surface area contributed by atoms with Crippen molar-refractivity contribution in [3.63, 3.8) is 0 Å². The van der Waals surface area contributed by atoms with E-state index in [0.29, 0.717) is 23.6 Å². The summed E-state index contributed by atoms with van der Waals surface area (Å²) in [4.78, 5) is 13.4. The van der Waals surface area contributed by atoms with Crippen LogP contribution in [0.3, 0.4) is 0 Å². The summed E-state index contributed by atoms with van der Waals surface area (Å²) in [5, 5.41) is 6.38. The van der Waals surface area contributed by atoms with E-state index >= 15 is 0 Å². The van der Waals surface area contributed by atoms with Gasteiger partial charge in [-0.05, 0) is 20.3 Å². The number of hydrogen-bond donors (Lipinski definition) is 1. The molecule has 1 saturated heterocycles. The minimum absolute atomic E-state index is 0.0887. The Hall–Kier alpha value is -1.77. The first kappa shape index (κ1) is 16.6. The van der Waals surface area contributed by atoms with Crippen LogP contribution in [-0.4, -0.2) is 47.6 Å². The fraction of sp³-hybridized carbons (Fsp3) is 0.692. The van der Waals surface area contributed by atoms with E-state index in [2.05, 4.69) is 10.5 Å². The van der Waals surface area contributed by atoms with E-state index in [0.717, 1.165) is 4.90 Å². The summed E-state index contributed by atoms with van der Waals surface area (Å²) in [6, 6.07) is -1.73. The number of ether oxygens (including phenoxy) is 1. The first-order chi connectivity index (χ1) is 10.3. The maximum absolute atomic E-state index is 12.9. The third kappa shape index (κ3) is 3.18. The number of nitrogens with one attached hydrogen (secondary N) is 1. The zero-order valence-corrected chi connectivity index (χ0v) is 12.5. The van der Waals surface area contributed by atoms with Crippen molar-refractivity contribution in [2.24, 2.45) is 0 Å². The number of aryl methyl sites for hydroxylation is 2. The first-order valence-corrected chi connectivity index (χ1v) is 6.96. The number of aromatic nitrogens is 1. The van der Waals surface area contributed by atoms with E-state index < -0.39 is 24.4 Å². The largest absolute Gasteiger partial charge is 0.416 e. The fourth-order valence-electron chi connectivity index (χ4n) is 2.44. The third-order valence-corrected chi connectivity index (χ3v) is 3.64. The summed E-state index contributed by atoms with van der Waals surface area (Å²) >= 11 is 0. The molecule has 1 N–H and O–H groups in total. The van der Waals surface area contributed by atoms with E-state index in [1.165, 1.54) is 6.92 Å². The lowest BCUT2D eigenvalue weighted by atomic mass is 10.1. The van der Waals surface area contributed by atoms with Crippen LogP contribution in [0.1, 0.15) is 25.3 Å². The number of rotatable bonds is 2. The number of carbonyl (C=O) groups excluding carboxylic acids is 1. The standard InChI is InChI=1S/C13H18F3N3O3/c1-4-9-10(8(3)22-18-9)17-12(20)19-5-6-21-11(7(19)2)13(14,15)16/h7,11H,4-6H2,1-3H3,(H,17,20). The summed E-state index contributed by atoms with van der Waals surface area (Å²) in [6.07, 6.45) is -5.96. The lowest BCUT2D eigenvalue weighted by Crippen LogP contribution is -2.58. The summed E-state index contributed by atoms with van der Waals surface area (Å²) in [6.45, 7) is 4.71. The quantitative estimate of drug-likeness (QED) is 0.909. The van der Waals surface area contributed by atoms with Crippen molar-refractivity contribution in [1.29, 1.82) is 0 Å². The minimum atomic E-state index is -4.51. The van der Waals surface area contributed by atoms with Gasteiger partial charge in [0.2, 0.25) is 0 Å². The van der Waals surface area contributed by atoms with Gasteiger partial charge < -0.3 is 19.5 Å². The fourth-order valence-corrected chi connectivity index (χ4v) is 2.44. The van der Waals surface area contributed by atoms with Crippen LogP contribution < -0.4 is 5.32 Å². The SMILES string of the molecule is CCc1noc(C)c1NC(=O)N1CCOC(C(F)(F)F)C1C. The van der Waals surface area contributed by atoms with Crippen molar-refractivity contribution in [2.45, 2.75) is 45.5 Å². The number of amides is 2. The smallest absolute Gasteiger partial charge is 0.365 e. The molecule has 22 heavy (non-hydrogen) atoms. The Kier molecular flexibility index (Phi) is 4.64. The second-order valence-electron chi connectivity index (χ2n) is 5.11. The van der Waals surface area contributed by atoms with Gasteiger partial charge in [0.05, 0.1) is 12.6 Å². The van der Waals surface area contributed by atoms with Gasteiger partial charge in [-0.3, -0.25) is 0 Å². The number of alkyl halides is 3. The molecule has 9 heteroatoms. The van der Waals surface area contributed by atoms with Gasteiger partial charge in [0.15, 0.2) is 11.9 Å². The van der Waals surface area contributed by atoms with Crippen molar-refractivity contribution in [1.82, 2.24) is 10.1 Å². The molecule has 1 aliphatic rings. The molecular weight excluding hydrogens is 303 g/mol. The first-order valence-electron chi connectivity index (χ1n) is 6.96. The number of nitrogens with zero attached hydrogens (tertiary/aromatic N) is 2. The van der Waals surface area contributed by atoms with Gasteiger partial charge in [0.1, 0.15) is 11.4 Å². The Morgan fingerprint density at radius 2 is 2.18 bits per heavy atom. The van der Waals surface area contributed by atoms with Gasteiger partial charge in [0, 0.05) is 6.54 Å². The Morgan fingerprint density at radius 3 is 2.77 bits per heavy atom. The van der Waals surface area contributed by atoms with Gasteiger partial charge >= 0.3 is 12.2 Å². The Labute approximate surface area is 125 Å².